The number of allylic oxidation sites excluding steroid dienone is 1. The Morgan fingerprint density at radius 1 is 1.50 bits per heavy atom. The zero-order valence-corrected chi connectivity index (χ0v) is 8.96. The van der Waals surface area contributed by atoms with Gasteiger partial charge in [0.1, 0.15) is 0 Å². The molecule has 0 bridgehead atoms. The van der Waals surface area contributed by atoms with Crippen LogP contribution in [-0.2, 0) is 0 Å². The molecule has 1 saturated heterocycles. The van der Waals surface area contributed by atoms with Gasteiger partial charge in [0.05, 0.1) is 0 Å². The molecular weight excluding hydrogens is 164 g/mol. The minimum atomic E-state index is 0.995. The van der Waals surface area contributed by atoms with E-state index in [4.69, 9.17) is 0 Å². The largest absolute Gasteiger partial charge is 0.159 e. The van der Waals surface area contributed by atoms with Crippen molar-refractivity contribution < 1.29 is 0 Å². The van der Waals surface area contributed by atoms with Crippen LogP contribution in [0.4, 0.5) is 0 Å². The number of hydrogen-bond donors (Lipinski definition) is 0. The molecular formula is C11H20S. The van der Waals surface area contributed by atoms with Crippen LogP contribution in [0.1, 0.15) is 45.4 Å². The second kappa shape index (κ2) is 5.69. The lowest BCUT2D eigenvalue weighted by Crippen LogP contribution is -1.95. The van der Waals surface area contributed by atoms with Crippen molar-refractivity contribution in [2.24, 2.45) is 0 Å². The van der Waals surface area contributed by atoms with E-state index in [0.29, 0.717) is 0 Å². The molecule has 0 N–H and O–H groups in total. The standard InChI is InChI=1S/C11H20S/c1-10(2)6-3-4-7-11-8-5-9-12-11/h11H,1,3-9H2,2H3. The van der Waals surface area contributed by atoms with E-state index in [1.807, 2.05) is 0 Å². The summed E-state index contributed by atoms with van der Waals surface area (Å²) >= 11 is 2.18. The van der Waals surface area contributed by atoms with Crippen molar-refractivity contribution in [2.45, 2.75) is 50.7 Å². The number of unbranched alkanes of at least 4 members (excludes halogenated alkanes) is 1. The van der Waals surface area contributed by atoms with E-state index in [1.165, 1.54) is 49.9 Å². The van der Waals surface area contributed by atoms with Crippen LogP contribution in [-0.4, -0.2) is 11.0 Å². The van der Waals surface area contributed by atoms with Crippen LogP contribution in [0.15, 0.2) is 12.2 Å². The van der Waals surface area contributed by atoms with Crippen LogP contribution < -0.4 is 0 Å². The molecule has 1 fully saturated rings. The Bertz CT molecular complexity index is 134. The lowest BCUT2D eigenvalue weighted by atomic mass is 10.1. The molecule has 1 atom stereocenters. The summed E-state index contributed by atoms with van der Waals surface area (Å²) in [7, 11) is 0. The van der Waals surface area contributed by atoms with Gasteiger partial charge in [0.15, 0.2) is 0 Å². The minimum Gasteiger partial charge on any atom is -0.159 e. The van der Waals surface area contributed by atoms with Gasteiger partial charge in [-0.2, -0.15) is 11.8 Å². The highest BCUT2D eigenvalue weighted by molar-refractivity contribution is 8.00. The van der Waals surface area contributed by atoms with Crippen LogP contribution in [0.5, 0.6) is 0 Å². The van der Waals surface area contributed by atoms with Crippen LogP contribution in [0.2, 0.25) is 0 Å². The van der Waals surface area contributed by atoms with E-state index in [2.05, 4.69) is 25.3 Å². The van der Waals surface area contributed by atoms with E-state index in [0.717, 1.165) is 5.25 Å². The van der Waals surface area contributed by atoms with Gasteiger partial charge >= 0.3 is 0 Å². The Morgan fingerprint density at radius 2 is 2.33 bits per heavy atom. The van der Waals surface area contributed by atoms with Crippen LogP contribution >= 0.6 is 11.8 Å². The van der Waals surface area contributed by atoms with Crippen molar-refractivity contribution in [3.8, 4) is 0 Å². The van der Waals surface area contributed by atoms with Gasteiger partial charge in [-0.15, -0.1) is 6.58 Å². The van der Waals surface area contributed by atoms with E-state index >= 15 is 0 Å². The highest BCUT2D eigenvalue weighted by atomic mass is 32.2. The summed E-state index contributed by atoms with van der Waals surface area (Å²) < 4.78 is 0. The quantitative estimate of drug-likeness (QED) is 0.459. The first-order chi connectivity index (χ1) is 5.79. The Kier molecular flexibility index (Phi) is 4.82. The second-order valence-corrected chi connectivity index (χ2v) is 5.25. The molecule has 1 rings (SSSR count). The van der Waals surface area contributed by atoms with E-state index in [-0.39, 0.29) is 0 Å². The maximum atomic E-state index is 3.92. The van der Waals surface area contributed by atoms with Gasteiger partial charge in [0, 0.05) is 5.25 Å². The highest BCUT2D eigenvalue weighted by Crippen LogP contribution is 2.30. The van der Waals surface area contributed by atoms with Crippen molar-refractivity contribution in [1.82, 2.24) is 0 Å². The topological polar surface area (TPSA) is 0 Å². The molecule has 0 radical (unpaired) electrons. The summed E-state index contributed by atoms with van der Waals surface area (Å²) in [6.45, 7) is 6.05. The van der Waals surface area contributed by atoms with Gasteiger partial charge in [0.25, 0.3) is 0 Å². The fraction of sp³-hybridized carbons (Fsp3) is 0.818. The third-order valence-electron chi connectivity index (χ3n) is 2.40. The van der Waals surface area contributed by atoms with Gasteiger partial charge in [-0.1, -0.05) is 12.0 Å². The van der Waals surface area contributed by atoms with Crippen molar-refractivity contribution in [1.29, 1.82) is 0 Å². The van der Waals surface area contributed by atoms with Crippen molar-refractivity contribution in [3.05, 3.63) is 12.2 Å². The van der Waals surface area contributed by atoms with E-state index in [1.54, 1.807) is 0 Å². The third kappa shape index (κ3) is 4.20. The summed E-state index contributed by atoms with van der Waals surface area (Å²) in [5.41, 5.74) is 1.34. The molecule has 0 aromatic carbocycles. The molecule has 12 heavy (non-hydrogen) atoms. The summed E-state index contributed by atoms with van der Waals surface area (Å²) in [5, 5.41) is 0.995. The molecule has 1 heterocycles. The smallest absolute Gasteiger partial charge is 0.00473 e. The molecule has 0 saturated carbocycles. The average Bonchev–Trinajstić information content (AvgIpc) is 2.49. The van der Waals surface area contributed by atoms with Gasteiger partial charge in [0.2, 0.25) is 0 Å². The van der Waals surface area contributed by atoms with Gasteiger partial charge in [-0.3, -0.25) is 0 Å². The predicted molar refractivity (Wildman–Crippen MR) is 58.8 cm³/mol. The zero-order valence-electron chi connectivity index (χ0n) is 8.14. The molecule has 0 aromatic heterocycles. The Labute approximate surface area is 80.8 Å². The van der Waals surface area contributed by atoms with Crippen molar-refractivity contribution in [2.75, 3.05) is 5.75 Å². The molecule has 0 nitrogen and oxygen atoms in total. The number of rotatable bonds is 5. The average molecular weight is 184 g/mol. The van der Waals surface area contributed by atoms with Crippen molar-refractivity contribution >= 4 is 11.8 Å². The first kappa shape index (κ1) is 10.2. The van der Waals surface area contributed by atoms with Gasteiger partial charge in [-0.25, -0.2) is 0 Å². The molecule has 1 unspecified atom stereocenters. The Balaban J connectivity index is 1.91. The van der Waals surface area contributed by atoms with Crippen LogP contribution in [0.25, 0.3) is 0 Å². The first-order valence-electron chi connectivity index (χ1n) is 5.05. The second-order valence-electron chi connectivity index (χ2n) is 3.84. The molecule has 0 aromatic rings. The lowest BCUT2D eigenvalue weighted by Gasteiger charge is -2.07. The summed E-state index contributed by atoms with van der Waals surface area (Å²) in [4.78, 5) is 0. The molecule has 0 aliphatic carbocycles. The van der Waals surface area contributed by atoms with Gasteiger partial charge in [-0.05, 0) is 44.8 Å². The highest BCUT2D eigenvalue weighted by Gasteiger charge is 2.14. The SMILES string of the molecule is C=C(C)CCCCC1CCCS1. The van der Waals surface area contributed by atoms with Crippen molar-refractivity contribution in [3.63, 3.8) is 0 Å². The third-order valence-corrected chi connectivity index (χ3v) is 3.87. The predicted octanol–water partition coefficient (Wildman–Crippen LogP) is 4.02. The maximum Gasteiger partial charge on any atom is 0.00473 e. The Hall–Kier alpha value is 0.0900. The summed E-state index contributed by atoms with van der Waals surface area (Å²) in [6.07, 6.45) is 8.36. The normalized spacial score (nSPS) is 22.9. The summed E-state index contributed by atoms with van der Waals surface area (Å²) in [5.74, 6) is 1.41. The molecule has 1 aliphatic heterocycles. The van der Waals surface area contributed by atoms with E-state index in [9.17, 15) is 0 Å². The van der Waals surface area contributed by atoms with Crippen LogP contribution in [0.3, 0.4) is 0 Å². The maximum absolute atomic E-state index is 3.92. The van der Waals surface area contributed by atoms with Gasteiger partial charge < -0.3 is 0 Å². The lowest BCUT2D eigenvalue weighted by molar-refractivity contribution is 0.636. The van der Waals surface area contributed by atoms with Crippen LogP contribution in [0, 0.1) is 0 Å². The number of hydrogen-bond acceptors (Lipinski definition) is 1. The fourth-order valence-corrected chi connectivity index (χ4v) is 3.00. The fourth-order valence-electron chi connectivity index (χ4n) is 1.67. The monoisotopic (exact) mass is 184 g/mol. The zero-order chi connectivity index (χ0) is 8.81. The molecule has 0 spiro atoms. The number of thioether (sulfide) groups is 1. The molecule has 1 heteroatoms. The molecule has 0 amide bonds. The molecule has 1 aliphatic rings. The molecule has 70 valence electrons. The minimum absolute atomic E-state index is 0.995. The first-order valence-corrected chi connectivity index (χ1v) is 6.10. The Morgan fingerprint density at radius 3 is 2.92 bits per heavy atom. The summed E-state index contributed by atoms with van der Waals surface area (Å²) in [6, 6.07) is 0. The van der Waals surface area contributed by atoms with E-state index < -0.39 is 0 Å².